The number of rotatable bonds is 1. The van der Waals surface area contributed by atoms with Crippen LogP contribution in [0.25, 0.3) is 10.8 Å². The third-order valence-electron chi connectivity index (χ3n) is 6.66. The van der Waals surface area contributed by atoms with Crippen molar-refractivity contribution in [2.75, 3.05) is 0 Å². The molecule has 2 atom stereocenters. The summed E-state index contributed by atoms with van der Waals surface area (Å²) in [5.74, 6) is 2.92. The van der Waals surface area contributed by atoms with E-state index < -0.39 is 0 Å². The number of hydrogen-bond donors (Lipinski definition) is 1. The summed E-state index contributed by atoms with van der Waals surface area (Å²) in [4.78, 5) is 0. The lowest BCUT2D eigenvalue weighted by Crippen LogP contribution is -2.50. The second-order valence-corrected chi connectivity index (χ2v) is 7.90. The molecule has 0 spiro atoms. The van der Waals surface area contributed by atoms with Gasteiger partial charge in [0.2, 0.25) is 0 Å². The quantitative estimate of drug-likeness (QED) is 0.717. The molecule has 112 valence electrons. The van der Waals surface area contributed by atoms with Crippen LogP contribution in [0.5, 0.6) is 5.75 Å². The van der Waals surface area contributed by atoms with Gasteiger partial charge in [0, 0.05) is 5.41 Å². The molecule has 4 aliphatic rings. The van der Waals surface area contributed by atoms with Crippen molar-refractivity contribution in [3.8, 4) is 5.75 Å². The fourth-order valence-corrected chi connectivity index (χ4v) is 5.86. The molecule has 4 aliphatic carbocycles. The molecule has 0 heterocycles. The SMILES string of the molecule is C=C1C2CC3CC(C2)CC1(c1ccc2ccc(O)cc2c1)C3. The molecule has 2 aromatic carbocycles. The Morgan fingerprint density at radius 2 is 1.64 bits per heavy atom. The van der Waals surface area contributed by atoms with Gasteiger partial charge < -0.3 is 5.11 Å². The van der Waals surface area contributed by atoms with Crippen LogP contribution in [0.15, 0.2) is 48.6 Å². The van der Waals surface area contributed by atoms with Crippen molar-refractivity contribution in [1.82, 2.24) is 0 Å². The first-order valence-corrected chi connectivity index (χ1v) is 8.56. The van der Waals surface area contributed by atoms with Crippen molar-refractivity contribution >= 4 is 10.8 Å². The Balaban J connectivity index is 1.68. The van der Waals surface area contributed by atoms with Crippen LogP contribution in [0, 0.1) is 17.8 Å². The highest BCUT2D eigenvalue weighted by molar-refractivity contribution is 5.85. The predicted molar refractivity (Wildman–Crippen MR) is 90.0 cm³/mol. The van der Waals surface area contributed by atoms with E-state index in [4.69, 9.17) is 0 Å². The van der Waals surface area contributed by atoms with E-state index in [1.54, 1.807) is 6.07 Å². The minimum atomic E-state index is 0.217. The van der Waals surface area contributed by atoms with Gasteiger partial charge in [-0.1, -0.05) is 36.4 Å². The zero-order chi connectivity index (χ0) is 14.9. The molecule has 0 amide bonds. The van der Waals surface area contributed by atoms with Gasteiger partial charge in [-0.05, 0) is 78.3 Å². The Bertz CT molecular complexity index is 774. The van der Waals surface area contributed by atoms with Crippen molar-refractivity contribution in [3.63, 3.8) is 0 Å². The van der Waals surface area contributed by atoms with Crippen LogP contribution < -0.4 is 0 Å². The summed E-state index contributed by atoms with van der Waals surface area (Å²) in [7, 11) is 0. The van der Waals surface area contributed by atoms with Gasteiger partial charge in [-0.2, -0.15) is 0 Å². The number of phenols is 1. The zero-order valence-corrected chi connectivity index (χ0v) is 12.9. The molecule has 4 saturated carbocycles. The highest BCUT2D eigenvalue weighted by atomic mass is 16.3. The number of allylic oxidation sites excluding steroid dienone is 1. The summed E-state index contributed by atoms with van der Waals surface area (Å²) in [5.41, 5.74) is 3.16. The van der Waals surface area contributed by atoms with Crippen LogP contribution >= 0.6 is 0 Å². The first-order valence-electron chi connectivity index (χ1n) is 8.56. The van der Waals surface area contributed by atoms with E-state index in [9.17, 15) is 5.11 Å². The molecule has 1 nitrogen and oxygen atoms in total. The predicted octanol–water partition coefficient (Wildman–Crippen LogP) is 5.18. The fraction of sp³-hybridized carbons (Fsp3) is 0.429. The van der Waals surface area contributed by atoms with Gasteiger partial charge in [0.05, 0.1) is 0 Å². The molecule has 0 radical (unpaired) electrons. The summed E-state index contributed by atoms with van der Waals surface area (Å²) in [6, 6.07) is 12.5. The number of fused-ring (bicyclic) bond motifs is 1. The van der Waals surface area contributed by atoms with Crippen LogP contribution in [0.4, 0.5) is 0 Å². The molecular weight excluding hydrogens is 268 g/mol. The third kappa shape index (κ3) is 1.60. The molecule has 2 unspecified atom stereocenters. The van der Waals surface area contributed by atoms with Crippen LogP contribution in [0.2, 0.25) is 0 Å². The van der Waals surface area contributed by atoms with Crippen LogP contribution in [0.1, 0.15) is 37.7 Å². The van der Waals surface area contributed by atoms with Crippen LogP contribution in [0.3, 0.4) is 0 Å². The van der Waals surface area contributed by atoms with E-state index in [2.05, 4.69) is 24.8 Å². The maximum Gasteiger partial charge on any atom is 0.116 e. The molecule has 6 rings (SSSR count). The average Bonchev–Trinajstić information content (AvgIpc) is 2.51. The van der Waals surface area contributed by atoms with Gasteiger partial charge in [-0.25, -0.2) is 0 Å². The molecule has 22 heavy (non-hydrogen) atoms. The van der Waals surface area contributed by atoms with Crippen LogP contribution in [-0.4, -0.2) is 5.11 Å². The van der Waals surface area contributed by atoms with Crippen molar-refractivity contribution < 1.29 is 5.11 Å². The van der Waals surface area contributed by atoms with E-state index in [1.807, 2.05) is 12.1 Å². The molecule has 2 aromatic rings. The zero-order valence-electron chi connectivity index (χ0n) is 12.9. The average molecular weight is 290 g/mol. The first-order chi connectivity index (χ1) is 10.6. The molecule has 1 N–H and O–H groups in total. The lowest BCUT2D eigenvalue weighted by atomic mass is 9.46. The van der Waals surface area contributed by atoms with Crippen molar-refractivity contribution in [1.29, 1.82) is 0 Å². The van der Waals surface area contributed by atoms with Gasteiger partial charge in [-0.15, -0.1) is 0 Å². The standard InChI is InChI=1S/C21H22O/c1-13-17-7-14-6-15(8-17)12-21(13,11-14)19-4-2-16-3-5-20(22)10-18(16)9-19/h2-5,9-10,14-15,17,22H,1,6-8,11-12H2. The number of hydrogen-bond acceptors (Lipinski definition) is 1. The van der Waals surface area contributed by atoms with Gasteiger partial charge in [-0.3, -0.25) is 0 Å². The summed E-state index contributed by atoms with van der Waals surface area (Å²) >= 11 is 0. The Morgan fingerprint density at radius 3 is 2.41 bits per heavy atom. The lowest BCUT2D eigenvalue weighted by Gasteiger charge is -2.58. The molecular formula is C21H22O. The Labute approximate surface area is 131 Å². The summed E-state index contributed by atoms with van der Waals surface area (Å²) in [5, 5.41) is 12.1. The Morgan fingerprint density at radius 1 is 0.909 bits per heavy atom. The van der Waals surface area contributed by atoms with Crippen molar-refractivity contribution in [2.45, 2.75) is 37.5 Å². The Hall–Kier alpha value is -1.76. The second kappa shape index (κ2) is 4.16. The van der Waals surface area contributed by atoms with Crippen molar-refractivity contribution in [3.05, 3.63) is 54.1 Å². The topological polar surface area (TPSA) is 20.2 Å². The maximum absolute atomic E-state index is 9.79. The minimum absolute atomic E-state index is 0.217. The molecule has 0 aromatic heterocycles. The van der Waals surface area contributed by atoms with E-state index in [-0.39, 0.29) is 5.41 Å². The molecule has 0 saturated heterocycles. The second-order valence-electron chi connectivity index (χ2n) is 7.90. The molecule has 4 bridgehead atoms. The fourth-order valence-electron chi connectivity index (χ4n) is 5.86. The summed E-state index contributed by atoms with van der Waals surface area (Å²) < 4.78 is 0. The van der Waals surface area contributed by atoms with E-state index >= 15 is 0 Å². The van der Waals surface area contributed by atoms with E-state index in [1.165, 1.54) is 48.6 Å². The number of aromatic hydroxyl groups is 1. The number of benzene rings is 2. The third-order valence-corrected chi connectivity index (χ3v) is 6.66. The summed E-state index contributed by atoms with van der Waals surface area (Å²) in [6.45, 7) is 4.55. The number of phenolic OH excluding ortho intramolecular Hbond substituents is 1. The largest absolute Gasteiger partial charge is 0.508 e. The van der Waals surface area contributed by atoms with E-state index in [0.29, 0.717) is 5.75 Å². The Kier molecular flexibility index (Phi) is 2.41. The summed E-state index contributed by atoms with van der Waals surface area (Å²) in [6.07, 6.45) is 6.79. The highest BCUT2D eigenvalue weighted by Gasteiger charge is 2.53. The minimum Gasteiger partial charge on any atom is -0.508 e. The van der Waals surface area contributed by atoms with Gasteiger partial charge >= 0.3 is 0 Å². The van der Waals surface area contributed by atoms with Gasteiger partial charge in [0.25, 0.3) is 0 Å². The molecule has 1 heteroatoms. The monoisotopic (exact) mass is 290 g/mol. The van der Waals surface area contributed by atoms with E-state index in [0.717, 1.165) is 23.1 Å². The highest BCUT2D eigenvalue weighted by Crippen LogP contribution is 2.62. The molecule has 0 aliphatic heterocycles. The lowest BCUT2D eigenvalue weighted by molar-refractivity contribution is 0.0473. The smallest absolute Gasteiger partial charge is 0.116 e. The molecule has 4 fully saturated rings. The first kappa shape index (κ1) is 12.8. The van der Waals surface area contributed by atoms with Gasteiger partial charge in [0.15, 0.2) is 0 Å². The van der Waals surface area contributed by atoms with Crippen molar-refractivity contribution in [2.24, 2.45) is 17.8 Å². The maximum atomic E-state index is 9.79. The van der Waals surface area contributed by atoms with Crippen LogP contribution in [-0.2, 0) is 5.41 Å². The normalized spacial score (nSPS) is 36.2. The van der Waals surface area contributed by atoms with Gasteiger partial charge in [0.1, 0.15) is 5.75 Å².